The molecular formula is C20H29NO2. The summed E-state index contributed by atoms with van der Waals surface area (Å²) in [5, 5.41) is 0. The predicted molar refractivity (Wildman–Crippen MR) is 92.0 cm³/mol. The van der Waals surface area contributed by atoms with Gasteiger partial charge in [-0.3, -0.25) is 9.69 Å². The Kier molecular flexibility index (Phi) is 4.26. The molecule has 1 aromatic carbocycles. The van der Waals surface area contributed by atoms with Crippen molar-refractivity contribution in [2.45, 2.75) is 58.6 Å². The molecule has 1 aliphatic carbocycles. The fourth-order valence-corrected chi connectivity index (χ4v) is 4.08. The van der Waals surface area contributed by atoms with Crippen LogP contribution in [0.1, 0.15) is 58.6 Å². The number of rotatable bonds is 3. The average Bonchev–Trinajstić information content (AvgIpc) is 2.86. The van der Waals surface area contributed by atoms with Crippen molar-refractivity contribution in [2.24, 2.45) is 11.3 Å². The highest BCUT2D eigenvalue weighted by Crippen LogP contribution is 2.53. The topological polar surface area (TPSA) is 29.5 Å². The molecule has 1 spiro atoms. The maximum absolute atomic E-state index is 12.7. The Balaban J connectivity index is 1.76. The van der Waals surface area contributed by atoms with Crippen molar-refractivity contribution in [3.05, 3.63) is 35.9 Å². The van der Waals surface area contributed by atoms with Gasteiger partial charge in [0.05, 0.1) is 5.92 Å². The van der Waals surface area contributed by atoms with Gasteiger partial charge in [0.2, 0.25) is 0 Å². The van der Waals surface area contributed by atoms with E-state index in [1.165, 1.54) is 12.0 Å². The van der Waals surface area contributed by atoms with Crippen molar-refractivity contribution in [3.63, 3.8) is 0 Å². The van der Waals surface area contributed by atoms with Crippen LogP contribution < -0.4 is 0 Å². The summed E-state index contributed by atoms with van der Waals surface area (Å²) in [6, 6.07) is 10.9. The number of benzene rings is 1. The van der Waals surface area contributed by atoms with Crippen molar-refractivity contribution in [2.75, 3.05) is 13.1 Å². The Morgan fingerprint density at radius 3 is 2.43 bits per heavy atom. The number of hydrogen-bond acceptors (Lipinski definition) is 3. The first-order valence-electron chi connectivity index (χ1n) is 8.83. The molecule has 3 rings (SSSR count). The van der Waals surface area contributed by atoms with Gasteiger partial charge in [-0.15, -0.1) is 0 Å². The highest BCUT2D eigenvalue weighted by molar-refractivity contribution is 5.75. The molecule has 23 heavy (non-hydrogen) atoms. The highest BCUT2D eigenvalue weighted by atomic mass is 16.6. The van der Waals surface area contributed by atoms with Gasteiger partial charge in [0, 0.05) is 19.1 Å². The van der Waals surface area contributed by atoms with Gasteiger partial charge in [-0.05, 0) is 51.5 Å². The lowest BCUT2D eigenvalue weighted by Crippen LogP contribution is -2.43. The molecule has 0 amide bonds. The monoisotopic (exact) mass is 315 g/mol. The first-order chi connectivity index (χ1) is 10.8. The smallest absolute Gasteiger partial charge is 0.311 e. The van der Waals surface area contributed by atoms with E-state index in [0.717, 1.165) is 25.9 Å². The molecule has 0 bridgehead atoms. The lowest BCUT2D eigenvalue weighted by atomic mass is 9.63. The molecule has 2 atom stereocenters. The quantitative estimate of drug-likeness (QED) is 0.783. The minimum Gasteiger partial charge on any atom is -0.460 e. The SMILES string of the molecule is C[C@H](c1ccccc1)N1CC(C(=O)OC(C)(C)C)C2(CCC2)C1. The zero-order chi connectivity index (χ0) is 16.7. The van der Waals surface area contributed by atoms with E-state index >= 15 is 0 Å². The molecule has 1 aromatic rings. The minimum absolute atomic E-state index is 0.0000355. The molecule has 1 aliphatic heterocycles. The van der Waals surface area contributed by atoms with Crippen molar-refractivity contribution in [1.29, 1.82) is 0 Å². The Hall–Kier alpha value is -1.35. The standard InChI is InChI=1S/C20H29NO2/c1-15(16-9-6-5-7-10-16)21-13-17(18(22)23-19(2,3)4)20(14-21)11-8-12-20/h5-7,9-10,15,17H,8,11-14H2,1-4H3/t15-,17?/m1/s1. The summed E-state index contributed by atoms with van der Waals surface area (Å²) in [4.78, 5) is 15.2. The van der Waals surface area contributed by atoms with Gasteiger partial charge in [-0.25, -0.2) is 0 Å². The largest absolute Gasteiger partial charge is 0.460 e. The summed E-state index contributed by atoms with van der Waals surface area (Å²) in [6.07, 6.45) is 3.57. The van der Waals surface area contributed by atoms with Crippen molar-refractivity contribution in [1.82, 2.24) is 4.90 Å². The number of likely N-dealkylation sites (tertiary alicyclic amines) is 1. The maximum Gasteiger partial charge on any atom is 0.311 e. The second kappa shape index (κ2) is 5.94. The molecule has 1 saturated carbocycles. The van der Waals surface area contributed by atoms with Crippen LogP contribution in [0, 0.1) is 11.3 Å². The normalized spacial score (nSPS) is 25.1. The number of carbonyl (C=O) groups is 1. The van der Waals surface area contributed by atoms with Gasteiger partial charge >= 0.3 is 5.97 Å². The summed E-state index contributed by atoms with van der Waals surface area (Å²) in [7, 11) is 0. The molecule has 0 N–H and O–H groups in total. The molecule has 1 saturated heterocycles. The zero-order valence-corrected chi connectivity index (χ0v) is 14.8. The van der Waals surface area contributed by atoms with Crippen molar-refractivity contribution < 1.29 is 9.53 Å². The van der Waals surface area contributed by atoms with E-state index in [1.54, 1.807) is 0 Å². The summed E-state index contributed by atoms with van der Waals surface area (Å²) < 4.78 is 5.72. The van der Waals surface area contributed by atoms with Crippen LogP contribution in [0.5, 0.6) is 0 Å². The predicted octanol–water partition coefficient (Wildman–Crippen LogP) is 4.19. The van der Waals surface area contributed by atoms with Crippen molar-refractivity contribution in [3.8, 4) is 0 Å². The minimum atomic E-state index is -0.402. The Morgan fingerprint density at radius 2 is 1.91 bits per heavy atom. The number of hydrogen-bond donors (Lipinski definition) is 0. The van der Waals surface area contributed by atoms with Crippen LogP contribution in [0.15, 0.2) is 30.3 Å². The molecular weight excluding hydrogens is 286 g/mol. The van der Waals surface area contributed by atoms with Crippen LogP contribution in [-0.4, -0.2) is 29.6 Å². The Morgan fingerprint density at radius 1 is 1.26 bits per heavy atom. The van der Waals surface area contributed by atoms with Gasteiger partial charge in [-0.2, -0.15) is 0 Å². The van der Waals surface area contributed by atoms with Gasteiger partial charge < -0.3 is 4.74 Å². The molecule has 126 valence electrons. The van der Waals surface area contributed by atoms with Crippen LogP contribution in [-0.2, 0) is 9.53 Å². The fraction of sp³-hybridized carbons (Fsp3) is 0.650. The second-order valence-corrected chi connectivity index (χ2v) is 8.32. The number of carbonyl (C=O) groups excluding carboxylic acids is 1. The molecule has 0 aromatic heterocycles. The Bertz CT molecular complexity index is 557. The van der Waals surface area contributed by atoms with Crippen LogP contribution >= 0.6 is 0 Å². The highest BCUT2D eigenvalue weighted by Gasteiger charge is 2.55. The van der Waals surface area contributed by atoms with Crippen LogP contribution in [0.4, 0.5) is 0 Å². The summed E-state index contributed by atoms with van der Waals surface area (Å²) in [6.45, 7) is 9.96. The third kappa shape index (κ3) is 3.30. The van der Waals surface area contributed by atoms with Gasteiger partial charge in [0.1, 0.15) is 5.60 Å². The Labute approximate surface area is 140 Å². The lowest BCUT2D eigenvalue weighted by molar-refractivity contribution is -0.165. The van der Waals surface area contributed by atoms with Crippen LogP contribution in [0.2, 0.25) is 0 Å². The summed E-state index contributed by atoms with van der Waals surface area (Å²) in [5.74, 6) is 0.0293. The van der Waals surface area contributed by atoms with Gasteiger partial charge in [0.25, 0.3) is 0 Å². The van der Waals surface area contributed by atoms with E-state index < -0.39 is 5.60 Å². The molecule has 2 aliphatic rings. The van der Waals surface area contributed by atoms with E-state index in [1.807, 2.05) is 20.8 Å². The van der Waals surface area contributed by atoms with E-state index in [0.29, 0.717) is 6.04 Å². The van der Waals surface area contributed by atoms with Crippen LogP contribution in [0.25, 0.3) is 0 Å². The first kappa shape index (κ1) is 16.5. The average molecular weight is 315 g/mol. The van der Waals surface area contributed by atoms with E-state index in [2.05, 4.69) is 42.2 Å². The fourth-order valence-electron chi connectivity index (χ4n) is 4.08. The molecule has 0 radical (unpaired) electrons. The molecule has 3 nitrogen and oxygen atoms in total. The number of nitrogens with zero attached hydrogens (tertiary/aromatic N) is 1. The molecule has 1 unspecified atom stereocenters. The third-order valence-corrected chi connectivity index (χ3v) is 5.54. The zero-order valence-electron chi connectivity index (χ0n) is 14.8. The third-order valence-electron chi connectivity index (χ3n) is 5.54. The van der Waals surface area contributed by atoms with Crippen molar-refractivity contribution >= 4 is 5.97 Å². The van der Waals surface area contributed by atoms with Gasteiger partial charge in [0.15, 0.2) is 0 Å². The summed E-state index contributed by atoms with van der Waals surface area (Å²) in [5.41, 5.74) is 1.08. The number of ether oxygens (including phenoxy) is 1. The molecule has 2 fully saturated rings. The van der Waals surface area contributed by atoms with Crippen LogP contribution in [0.3, 0.4) is 0 Å². The summed E-state index contributed by atoms with van der Waals surface area (Å²) >= 11 is 0. The van der Waals surface area contributed by atoms with E-state index in [9.17, 15) is 4.79 Å². The maximum atomic E-state index is 12.7. The molecule has 3 heteroatoms. The second-order valence-electron chi connectivity index (χ2n) is 8.32. The van der Waals surface area contributed by atoms with E-state index in [-0.39, 0.29) is 17.3 Å². The molecule has 1 heterocycles. The first-order valence-corrected chi connectivity index (χ1v) is 8.83. The van der Waals surface area contributed by atoms with E-state index in [4.69, 9.17) is 4.74 Å². The lowest BCUT2D eigenvalue weighted by Gasteiger charge is -2.42. The van der Waals surface area contributed by atoms with Gasteiger partial charge in [-0.1, -0.05) is 36.8 Å². The number of esters is 1.